The van der Waals surface area contributed by atoms with Crippen LogP contribution in [0.1, 0.15) is 33.1 Å². The van der Waals surface area contributed by atoms with Crippen LogP contribution in [0.25, 0.3) is 0 Å². The van der Waals surface area contributed by atoms with Crippen molar-refractivity contribution in [3.8, 4) is 0 Å². The fourth-order valence-electron chi connectivity index (χ4n) is 3.34. The summed E-state index contributed by atoms with van der Waals surface area (Å²) in [6, 6.07) is 0. The summed E-state index contributed by atoms with van der Waals surface area (Å²) in [5.74, 6) is -1.47. The van der Waals surface area contributed by atoms with Crippen molar-refractivity contribution in [2.24, 2.45) is 17.3 Å². The van der Waals surface area contributed by atoms with Gasteiger partial charge in [-0.25, -0.2) is 9.59 Å². The van der Waals surface area contributed by atoms with Crippen molar-refractivity contribution in [2.45, 2.75) is 39.2 Å². The molecule has 110 valence electrons. The predicted molar refractivity (Wildman–Crippen MR) is 72.1 cm³/mol. The van der Waals surface area contributed by atoms with Gasteiger partial charge in [0, 0.05) is 16.6 Å². The molecule has 2 aliphatic carbocycles. The van der Waals surface area contributed by atoms with Gasteiger partial charge in [-0.3, -0.25) is 0 Å². The molecule has 5 nitrogen and oxygen atoms in total. The number of aliphatic hydroxyl groups is 1. The molecule has 1 fully saturated rings. The Balaban J connectivity index is 2.06. The molecule has 0 unspecified atom stereocenters. The predicted octanol–water partition coefficient (Wildman–Crippen LogP) is 1.83. The normalized spacial score (nSPS) is 34.0. The molecule has 0 aliphatic heterocycles. The summed E-state index contributed by atoms with van der Waals surface area (Å²) >= 11 is 0. The van der Waals surface area contributed by atoms with Crippen LogP contribution >= 0.6 is 0 Å². The minimum atomic E-state index is -0.983. The SMILES string of the molecule is C/C(=C\C[C@H](O)[C@@]1(C)[C@@H]2C=C(C(=O)O)CC[C@@H]21)C(=O)O. The summed E-state index contributed by atoms with van der Waals surface area (Å²) in [5.41, 5.74) is 0.324. The highest BCUT2D eigenvalue weighted by molar-refractivity contribution is 5.87. The van der Waals surface area contributed by atoms with E-state index in [1.54, 1.807) is 6.08 Å². The van der Waals surface area contributed by atoms with Crippen LogP contribution in [0.5, 0.6) is 0 Å². The van der Waals surface area contributed by atoms with Crippen LogP contribution in [0, 0.1) is 17.3 Å². The number of carboxylic acids is 2. The van der Waals surface area contributed by atoms with Gasteiger partial charge in [0.05, 0.1) is 6.10 Å². The second-order valence-electron chi connectivity index (χ2n) is 5.98. The van der Waals surface area contributed by atoms with Gasteiger partial charge < -0.3 is 15.3 Å². The second-order valence-corrected chi connectivity index (χ2v) is 5.98. The number of fused-ring (bicyclic) bond motifs is 1. The Morgan fingerprint density at radius 1 is 1.50 bits per heavy atom. The summed E-state index contributed by atoms with van der Waals surface area (Å²) in [5, 5.41) is 28.1. The van der Waals surface area contributed by atoms with Crippen LogP contribution in [0.15, 0.2) is 23.3 Å². The summed E-state index contributed by atoms with van der Waals surface area (Å²) in [4.78, 5) is 21.7. The van der Waals surface area contributed by atoms with Gasteiger partial charge in [-0.15, -0.1) is 0 Å². The first kappa shape index (κ1) is 14.8. The van der Waals surface area contributed by atoms with E-state index in [2.05, 4.69) is 0 Å². The number of aliphatic carboxylic acids is 2. The van der Waals surface area contributed by atoms with Gasteiger partial charge in [0.25, 0.3) is 0 Å². The maximum absolute atomic E-state index is 11.0. The molecule has 3 N–H and O–H groups in total. The molecule has 0 bridgehead atoms. The van der Waals surface area contributed by atoms with E-state index < -0.39 is 18.0 Å². The zero-order valence-electron chi connectivity index (χ0n) is 11.7. The third-order valence-electron chi connectivity index (χ3n) is 4.92. The molecule has 0 aromatic carbocycles. The van der Waals surface area contributed by atoms with Crippen LogP contribution in [-0.4, -0.2) is 33.4 Å². The Kier molecular flexibility index (Phi) is 3.73. The number of hydrogen-bond donors (Lipinski definition) is 3. The zero-order chi connectivity index (χ0) is 15.1. The van der Waals surface area contributed by atoms with Gasteiger partial charge in [0.2, 0.25) is 0 Å². The maximum atomic E-state index is 11.0. The molecule has 1 saturated carbocycles. The third kappa shape index (κ3) is 2.38. The summed E-state index contributed by atoms with van der Waals surface area (Å²) < 4.78 is 0. The lowest BCUT2D eigenvalue weighted by molar-refractivity contribution is -0.133. The number of hydrogen-bond acceptors (Lipinski definition) is 3. The smallest absolute Gasteiger partial charge is 0.331 e. The number of aliphatic hydroxyl groups excluding tert-OH is 1. The first-order valence-corrected chi connectivity index (χ1v) is 6.80. The summed E-state index contributed by atoms with van der Waals surface area (Å²) in [6.07, 6.45) is 4.27. The van der Waals surface area contributed by atoms with E-state index in [-0.39, 0.29) is 23.3 Å². The summed E-state index contributed by atoms with van der Waals surface area (Å²) in [7, 11) is 0. The van der Waals surface area contributed by atoms with Gasteiger partial charge in [-0.1, -0.05) is 19.1 Å². The van der Waals surface area contributed by atoms with Crippen molar-refractivity contribution in [1.82, 2.24) is 0 Å². The molecule has 0 radical (unpaired) electrons. The van der Waals surface area contributed by atoms with Gasteiger partial charge in [0.15, 0.2) is 0 Å². The van der Waals surface area contributed by atoms with Crippen LogP contribution in [0.2, 0.25) is 0 Å². The first-order valence-electron chi connectivity index (χ1n) is 6.80. The lowest BCUT2D eigenvalue weighted by atomic mass is 9.93. The number of allylic oxidation sites excluding steroid dienone is 1. The minimum absolute atomic E-state index is 0.0934. The quantitative estimate of drug-likeness (QED) is 0.668. The molecule has 0 heterocycles. The fraction of sp³-hybridized carbons (Fsp3) is 0.600. The fourth-order valence-corrected chi connectivity index (χ4v) is 3.34. The van der Waals surface area contributed by atoms with E-state index in [1.807, 2.05) is 6.92 Å². The van der Waals surface area contributed by atoms with Crippen molar-refractivity contribution in [2.75, 3.05) is 0 Å². The van der Waals surface area contributed by atoms with Crippen molar-refractivity contribution in [3.05, 3.63) is 23.3 Å². The van der Waals surface area contributed by atoms with Crippen molar-refractivity contribution in [3.63, 3.8) is 0 Å². The van der Waals surface area contributed by atoms with Crippen LogP contribution < -0.4 is 0 Å². The Labute approximate surface area is 117 Å². The molecule has 0 aromatic rings. The molecule has 2 aliphatic rings. The second kappa shape index (κ2) is 5.05. The van der Waals surface area contributed by atoms with Crippen molar-refractivity contribution in [1.29, 1.82) is 0 Å². The zero-order valence-corrected chi connectivity index (χ0v) is 11.7. The number of carboxylic acid groups (broad SMARTS) is 2. The number of carbonyl (C=O) groups is 2. The first-order chi connectivity index (χ1) is 9.28. The minimum Gasteiger partial charge on any atom is -0.478 e. The Morgan fingerprint density at radius 3 is 2.70 bits per heavy atom. The molecule has 0 aromatic heterocycles. The van der Waals surface area contributed by atoms with Crippen LogP contribution in [-0.2, 0) is 9.59 Å². The molecule has 4 atom stereocenters. The molecule has 0 spiro atoms. The number of rotatable bonds is 5. The van der Waals surface area contributed by atoms with E-state index in [4.69, 9.17) is 10.2 Å². The summed E-state index contributed by atoms with van der Waals surface area (Å²) in [6.45, 7) is 3.46. The van der Waals surface area contributed by atoms with Crippen molar-refractivity contribution >= 4 is 11.9 Å². The molecule has 0 amide bonds. The maximum Gasteiger partial charge on any atom is 0.331 e. The van der Waals surface area contributed by atoms with E-state index in [0.717, 1.165) is 6.42 Å². The van der Waals surface area contributed by atoms with Crippen LogP contribution in [0.3, 0.4) is 0 Å². The van der Waals surface area contributed by atoms with Gasteiger partial charge in [0.1, 0.15) is 0 Å². The average molecular weight is 280 g/mol. The van der Waals surface area contributed by atoms with E-state index in [0.29, 0.717) is 17.9 Å². The van der Waals surface area contributed by atoms with Gasteiger partial charge in [-0.05, 0) is 38.0 Å². The van der Waals surface area contributed by atoms with E-state index in [9.17, 15) is 14.7 Å². The molecule has 20 heavy (non-hydrogen) atoms. The third-order valence-corrected chi connectivity index (χ3v) is 4.92. The van der Waals surface area contributed by atoms with Gasteiger partial charge in [-0.2, -0.15) is 0 Å². The topological polar surface area (TPSA) is 94.8 Å². The van der Waals surface area contributed by atoms with Gasteiger partial charge >= 0.3 is 11.9 Å². The van der Waals surface area contributed by atoms with E-state index >= 15 is 0 Å². The lowest BCUT2D eigenvalue weighted by Gasteiger charge is -2.18. The van der Waals surface area contributed by atoms with Crippen LogP contribution in [0.4, 0.5) is 0 Å². The van der Waals surface area contributed by atoms with Crippen molar-refractivity contribution < 1.29 is 24.9 Å². The molecular formula is C15H20O5. The standard InChI is InChI=1S/C15H20O5/c1-8(13(17)18)3-6-12(16)15(2)10-5-4-9(14(19)20)7-11(10)15/h3,7,10-12,16H,4-6H2,1-2H3,(H,17,18)(H,19,20)/b8-3+/t10-,11+,12-,15+/m0/s1. The molecular weight excluding hydrogens is 260 g/mol. The monoisotopic (exact) mass is 280 g/mol. The molecule has 0 saturated heterocycles. The Bertz CT molecular complexity index is 504. The largest absolute Gasteiger partial charge is 0.478 e. The highest BCUT2D eigenvalue weighted by Crippen LogP contribution is 2.66. The highest BCUT2D eigenvalue weighted by Gasteiger charge is 2.64. The average Bonchev–Trinajstić information content (AvgIpc) is 3.01. The highest BCUT2D eigenvalue weighted by atomic mass is 16.4. The molecule has 2 rings (SSSR count). The Morgan fingerprint density at radius 2 is 2.15 bits per heavy atom. The van der Waals surface area contributed by atoms with E-state index in [1.165, 1.54) is 13.0 Å². The molecule has 5 heteroatoms. The Hall–Kier alpha value is -1.62. The lowest BCUT2D eigenvalue weighted by Crippen LogP contribution is -2.21.